The van der Waals surface area contributed by atoms with Gasteiger partial charge in [0.1, 0.15) is 23.4 Å². The monoisotopic (exact) mass is 440 g/mol. The molecule has 10 atom stereocenters. The summed E-state index contributed by atoms with van der Waals surface area (Å²) in [6, 6.07) is 0. The lowest BCUT2D eigenvalue weighted by Gasteiger charge is -2.69. The Balaban J connectivity index is 2.05. The molecule has 2 bridgehead atoms. The van der Waals surface area contributed by atoms with Gasteiger partial charge in [0.2, 0.25) is 0 Å². The summed E-state index contributed by atoms with van der Waals surface area (Å²) in [5.41, 5.74) is -4.66. The predicted octanol–water partition coefficient (Wildman–Crippen LogP) is 0.284. The van der Waals surface area contributed by atoms with Crippen molar-refractivity contribution in [2.24, 2.45) is 22.7 Å². The SMILES string of the molecule is CC(=O)OC1C2[C@](C)([C@H](O)[C@H](O)C3=C(C)[C@@H](O)C[C@]1(O)C3(C)C)[C@@H](C)C[C@H]1OC[C@@]21O. The van der Waals surface area contributed by atoms with Crippen LogP contribution in [0.3, 0.4) is 0 Å². The summed E-state index contributed by atoms with van der Waals surface area (Å²) in [7, 11) is 0. The second kappa shape index (κ2) is 6.74. The van der Waals surface area contributed by atoms with Gasteiger partial charge in [0.15, 0.2) is 0 Å². The van der Waals surface area contributed by atoms with Crippen LogP contribution < -0.4 is 0 Å². The van der Waals surface area contributed by atoms with E-state index in [-0.39, 0.29) is 18.9 Å². The first-order valence-electron chi connectivity index (χ1n) is 11.1. The lowest BCUT2D eigenvalue weighted by atomic mass is 9.43. The van der Waals surface area contributed by atoms with Crippen molar-refractivity contribution in [3.8, 4) is 0 Å². The molecule has 176 valence electrons. The van der Waals surface area contributed by atoms with Gasteiger partial charge in [-0.2, -0.15) is 0 Å². The minimum atomic E-state index is -1.80. The van der Waals surface area contributed by atoms with E-state index >= 15 is 0 Å². The highest BCUT2D eigenvalue weighted by Gasteiger charge is 2.75. The number of carbonyl (C=O) groups excluding carboxylic acids is 1. The van der Waals surface area contributed by atoms with Crippen LogP contribution in [0.5, 0.6) is 0 Å². The average molecular weight is 441 g/mol. The Morgan fingerprint density at radius 1 is 1.16 bits per heavy atom. The van der Waals surface area contributed by atoms with Crippen molar-refractivity contribution in [2.45, 2.75) is 96.1 Å². The van der Waals surface area contributed by atoms with E-state index in [1.807, 2.05) is 6.92 Å². The summed E-state index contributed by atoms with van der Waals surface area (Å²) in [5.74, 6) is -1.78. The zero-order chi connectivity index (χ0) is 23.3. The summed E-state index contributed by atoms with van der Waals surface area (Å²) in [6.07, 6.45) is -5.22. The molecule has 0 radical (unpaired) electrons. The molecule has 31 heavy (non-hydrogen) atoms. The highest BCUT2D eigenvalue weighted by Crippen LogP contribution is 2.65. The van der Waals surface area contributed by atoms with Crippen LogP contribution in [0.2, 0.25) is 0 Å². The molecule has 8 nitrogen and oxygen atoms in total. The van der Waals surface area contributed by atoms with Crippen LogP contribution in [0.1, 0.15) is 54.4 Å². The topological polar surface area (TPSA) is 137 Å². The molecule has 2 saturated carbocycles. The number of carbonyl (C=O) groups is 1. The Bertz CT molecular complexity index is 822. The van der Waals surface area contributed by atoms with Gasteiger partial charge in [-0.3, -0.25) is 4.79 Å². The molecule has 4 rings (SSSR count). The van der Waals surface area contributed by atoms with E-state index in [1.165, 1.54) is 6.92 Å². The van der Waals surface area contributed by atoms with Crippen LogP contribution in [0, 0.1) is 22.7 Å². The molecule has 5 N–H and O–H groups in total. The van der Waals surface area contributed by atoms with Crippen LogP contribution in [0.15, 0.2) is 11.1 Å². The van der Waals surface area contributed by atoms with Gasteiger partial charge in [0.05, 0.1) is 24.9 Å². The zero-order valence-corrected chi connectivity index (χ0v) is 19.1. The van der Waals surface area contributed by atoms with E-state index < -0.39 is 64.4 Å². The Kier molecular flexibility index (Phi) is 5.03. The fraction of sp³-hybridized carbons (Fsp3) is 0.870. The number of esters is 1. The van der Waals surface area contributed by atoms with Crippen molar-refractivity contribution < 1.29 is 39.8 Å². The van der Waals surface area contributed by atoms with E-state index in [4.69, 9.17) is 9.47 Å². The third-order valence-corrected chi connectivity index (χ3v) is 9.39. The quantitative estimate of drug-likeness (QED) is 0.290. The number of aliphatic hydroxyl groups is 5. The third-order valence-electron chi connectivity index (χ3n) is 9.39. The van der Waals surface area contributed by atoms with E-state index in [0.29, 0.717) is 17.6 Å². The van der Waals surface area contributed by atoms with Gasteiger partial charge < -0.3 is 35.0 Å². The van der Waals surface area contributed by atoms with Crippen LogP contribution in [0.25, 0.3) is 0 Å². The van der Waals surface area contributed by atoms with Crippen LogP contribution >= 0.6 is 0 Å². The van der Waals surface area contributed by atoms with E-state index in [9.17, 15) is 30.3 Å². The molecule has 1 saturated heterocycles. The van der Waals surface area contributed by atoms with Crippen molar-refractivity contribution in [1.29, 1.82) is 0 Å². The number of fused-ring (bicyclic) bond motifs is 5. The molecule has 0 aromatic heterocycles. The van der Waals surface area contributed by atoms with Gasteiger partial charge >= 0.3 is 5.97 Å². The van der Waals surface area contributed by atoms with Crippen molar-refractivity contribution in [3.05, 3.63) is 11.1 Å². The molecule has 0 aromatic rings. The molecular formula is C23H36O8. The molecule has 2 unspecified atom stereocenters. The Morgan fingerprint density at radius 2 is 1.77 bits per heavy atom. The van der Waals surface area contributed by atoms with Gasteiger partial charge in [0.25, 0.3) is 0 Å². The maximum Gasteiger partial charge on any atom is 0.303 e. The summed E-state index contributed by atoms with van der Waals surface area (Å²) in [4.78, 5) is 12.3. The second-order valence-corrected chi connectivity index (χ2v) is 11.1. The van der Waals surface area contributed by atoms with Gasteiger partial charge in [-0.25, -0.2) is 0 Å². The first-order valence-corrected chi connectivity index (χ1v) is 11.1. The van der Waals surface area contributed by atoms with Gasteiger partial charge in [0, 0.05) is 30.1 Å². The standard InChI is InChI=1S/C23H36O8/c1-10-7-14-22(28,9-30-14)17-19(31-12(3)24)23(29)8-13(25)11(2)15(20(23,4)5)16(26)18(27)21(10,17)6/h10,13-14,16-19,25-29H,7-9H2,1-6H3/t10-,13-,14+,16+,17?,18+,19?,21+,22-,23+/m0/s1. The van der Waals surface area contributed by atoms with Crippen LogP contribution in [-0.4, -0.2) is 79.8 Å². The first kappa shape index (κ1) is 23.1. The van der Waals surface area contributed by atoms with E-state index in [1.54, 1.807) is 27.7 Å². The molecular weight excluding hydrogens is 404 g/mol. The normalized spacial score (nSPS) is 53.5. The van der Waals surface area contributed by atoms with Crippen molar-refractivity contribution in [3.63, 3.8) is 0 Å². The molecule has 3 fully saturated rings. The van der Waals surface area contributed by atoms with E-state index in [0.717, 1.165) is 0 Å². The minimum Gasteiger partial charge on any atom is -0.459 e. The molecule has 1 heterocycles. The summed E-state index contributed by atoms with van der Waals surface area (Å²) in [5, 5.41) is 57.8. The Morgan fingerprint density at radius 3 is 2.29 bits per heavy atom. The summed E-state index contributed by atoms with van der Waals surface area (Å²) in [6.45, 7) is 10.0. The van der Waals surface area contributed by atoms with E-state index in [2.05, 4.69) is 0 Å². The number of hydrogen-bond acceptors (Lipinski definition) is 8. The maximum atomic E-state index is 12.3. The molecule has 1 aliphatic heterocycles. The summed E-state index contributed by atoms with van der Waals surface area (Å²) >= 11 is 0. The fourth-order valence-electron chi connectivity index (χ4n) is 7.22. The predicted molar refractivity (Wildman–Crippen MR) is 110 cm³/mol. The second-order valence-electron chi connectivity index (χ2n) is 11.1. The number of aliphatic hydroxyl groups excluding tert-OH is 3. The summed E-state index contributed by atoms with van der Waals surface area (Å²) < 4.78 is 11.4. The molecule has 0 spiro atoms. The van der Waals surface area contributed by atoms with Crippen LogP contribution in [-0.2, 0) is 14.3 Å². The number of hydrogen-bond donors (Lipinski definition) is 5. The van der Waals surface area contributed by atoms with Crippen molar-refractivity contribution in [1.82, 2.24) is 0 Å². The highest BCUT2D eigenvalue weighted by atomic mass is 16.6. The highest BCUT2D eigenvalue weighted by molar-refractivity contribution is 5.66. The number of ether oxygens (including phenoxy) is 2. The first-order chi connectivity index (χ1) is 14.1. The van der Waals surface area contributed by atoms with Gasteiger partial charge in [-0.15, -0.1) is 0 Å². The lowest BCUT2D eigenvalue weighted by Crippen LogP contribution is -2.80. The largest absolute Gasteiger partial charge is 0.459 e. The smallest absolute Gasteiger partial charge is 0.303 e. The molecule has 8 heteroatoms. The average Bonchev–Trinajstić information content (AvgIpc) is 2.66. The molecule has 4 aliphatic rings. The Hall–Kier alpha value is -1.03. The van der Waals surface area contributed by atoms with Crippen LogP contribution in [0.4, 0.5) is 0 Å². The van der Waals surface area contributed by atoms with Crippen molar-refractivity contribution >= 4 is 5.97 Å². The number of rotatable bonds is 1. The minimum absolute atomic E-state index is 0.0218. The Labute approximate surface area is 182 Å². The zero-order valence-electron chi connectivity index (χ0n) is 19.1. The molecule has 3 aliphatic carbocycles. The van der Waals surface area contributed by atoms with Crippen molar-refractivity contribution in [2.75, 3.05) is 6.61 Å². The fourth-order valence-corrected chi connectivity index (χ4v) is 7.22. The molecule has 0 aromatic carbocycles. The lowest BCUT2D eigenvalue weighted by molar-refractivity contribution is -0.358. The molecule has 0 amide bonds. The maximum absolute atomic E-state index is 12.3. The van der Waals surface area contributed by atoms with Gasteiger partial charge in [-0.1, -0.05) is 27.7 Å². The van der Waals surface area contributed by atoms with Gasteiger partial charge in [-0.05, 0) is 30.4 Å². The third kappa shape index (κ3) is 2.66.